The molecule has 2 rings (SSSR count). The van der Waals surface area contributed by atoms with Crippen molar-refractivity contribution in [1.82, 2.24) is 5.16 Å². The van der Waals surface area contributed by atoms with E-state index in [-0.39, 0.29) is 5.82 Å². The molecule has 0 aliphatic heterocycles. The van der Waals surface area contributed by atoms with Crippen molar-refractivity contribution < 1.29 is 14.1 Å². The van der Waals surface area contributed by atoms with Gasteiger partial charge in [0.2, 0.25) is 11.8 Å². The minimum atomic E-state index is -1.26. The van der Waals surface area contributed by atoms with Crippen molar-refractivity contribution in [2.75, 3.05) is 10.6 Å². The number of amides is 2. The second-order valence-electron chi connectivity index (χ2n) is 5.36. The molecular weight excluding hydrogens is 350 g/mol. The molecule has 0 atom stereocenters. The predicted molar refractivity (Wildman–Crippen MR) is 86.4 cm³/mol. The fourth-order valence-corrected chi connectivity index (χ4v) is 1.89. The van der Waals surface area contributed by atoms with Gasteiger partial charge in [-0.15, -0.1) is 0 Å². The lowest BCUT2D eigenvalue weighted by Crippen LogP contribution is -2.41. The van der Waals surface area contributed by atoms with Crippen molar-refractivity contribution in [2.45, 2.75) is 20.8 Å². The number of benzene rings is 1. The monoisotopic (exact) mass is 365 g/mol. The number of aryl methyl sites for hydroxylation is 1. The Hall–Kier alpha value is -2.15. The van der Waals surface area contributed by atoms with Gasteiger partial charge in [-0.2, -0.15) is 0 Å². The summed E-state index contributed by atoms with van der Waals surface area (Å²) in [5, 5.41) is 8.96. The highest BCUT2D eigenvalue weighted by Gasteiger charge is 2.36. The lowest BCUT2D eigenvalue weighted by atomic mass is 9.91. The van der Waals surface area contributed by atoms with Crippen LogP contribution in [0.3, 0.4) is 0 Å². The van der Waals surface area contributed by atoms with Gasteiger partial charge in [0.25, 0.3) is 0 Å². The number of carbonyl (C=O) groups excluding carboxylic acids is 2. The van der Waals surface area contributed by atoms with E-state index in [0.717, 1.165) is 4.47 Å². The highest BCUT2D eigenvalue weighted by atomic mass is 79.9. The van der Waals surface area contributed by atoms with Gasteiger partial charge >= 0.3 is 0 Å². The van der Waals surface area contributed by atoms with Gasteiger partial charge in [0.1, 0.15) is 11.2 Å². The second kappa shape index (κ2) is 6.31. The number of hydrogen-bond acceptors (Lipinski definition) is 4. The van der Waals surface area contributed by atoms with E-state index in [9.17, 15) is 9.59 Å². The van der Waals surface area contributed by atoms with E-state index in [2.05, 4.69) is 31.7 Å². The highest BCUT2D eigenvalue weighted by Crippen LogP contribution is 2.22. The van der Waals surface area contributed by atoms with Crippen LogP contribution in [0.4, 0.5) is 11.5 Å². The molecule has 1 aromatic heterocycles. The average Bonchev–Trinajstić information content (AvgIpc) is 2.86. The number of nitrogens with one attached hydrogen (secondary N) is 2. The highest BCUT2D eigenvalue weighted by molar-refractivity contribution is 9.10. The molecule has 22 heavy (non-hydrogen) atoms. The van der Waals surface area contributed by atoms with Gasteiger partial charge < -0.3 is 15.2 Å². The van der Waals surface area contributed by atoms with Gasteiger partial charge in [0.15, 0.2) is 5.82 Å². The van der Waals surface area contributed by atoms with Crippen LogP contribution < -0.4 is 10.6 Å². The second-order valence-corrected chi connectivity index (χ2v) is 6.28. The molecule has 0 unspecified atom stereocenters. The largest absolute Gasteiger partial charge is 0.360 e. The summed E-state index contributed by atoms with van der Waals surface area (Å²) in [6.07, 6.45) is 0. The molecule has 116 valence electrons. The van der Waals surface area contributed by atoms with Crippen molar-refractivity contribution in [2.24, 2.45) is 5.41 Å². The third-order valence-corrected chi connectivity index (χ3v) is 3.64. The Morgan fingerprint density at radius 1 is 1.14 bits per heavy atom. The minimum Gasteiger partial charge on any atom is -0.360 e. The van der Waals surface area contributed by atoms with E-state index >= 15 is 0 Å². The van der Waals surface area contributed by atoms with E-state index in [4.69, 9.17) is 4.52 Å². The summed E-state index contributed by atoms with van der Waals surface area (Å²) in [7, 11) is 0. The summed E-state index contributed by atoms with van der Waals surface area (Å²) < 4.78 is 5.78. The van der Waals surface area contributed by atoms with Crippen molar-refractivity contribution in [3.8, 4) is 0 Å². The zero-order valence-corrected chi connectivity index (χ0v) is 14.0. The van der Waals surface area contributed by atoms with E-state index in [1.165, 1.54) is 0 Å². The fraction of sp³-hybridized carbons (Fsp3) is 0.267. The zero-order valence-electron chi connectivity index (χ0n) is 12.4. The predicted octanol–water partition coefficient (Wildman–Crippen LogP) is 3.35. The quantitative estimate of drug-likeness (QED) is 0.813. The molecule has 2 N–H and O–H groups in total. The Balaban J connectivity index is 2.05. The van der Waals surface area contributed by atoms with E-state index in [0.29, 0.717) is 11.4 Å². The van der Waals surface area contributed by atoms with Crippen LogP contribution in [0.1, 0.15) is 19.6 Å². The molecular formula is C15H16BrN3O3. The maximum absolute atomic E-state index is 12.3. The standard InChI is InChI=1S/C15H16BrN3O3/c1-9-8-12(19-22-9)18-14(21)15(2,3)13(20)17-11-6-4-10(16)5-7-11/h4-8H,1-3H3,(H,17,20)(H,18,19,21). The summed E-state index contributed by atoms with van der Waals surface area (Å²) >= 11 is 3.32. The van der Waals surface area contributed by atoms with E-state index < -0.39 is 17.2 Å². The number of hydrogen-bond donors (Lipinski definition) is 2. The summed E-state index contributed by atoms with van der Waals surface area (Å²) in [5.41, 5.74) is -0.647. The molecule has 0 aliphatic carbocycles. The molecule has 0 aliphatic rings. The Labute approximate surface area is 136 Å². The molecule has 0 radical (unpaired) electrons. The SMILES string of the molecule is Cc1cc(NC(=O)C(C)(C)C(=O)Nc2ccc(Br)cc2)no1. The zero-order chi connectivity index (χ0) is 16.3. The van der Waals surface area contributed by atoms with Crippen LogP contribution in [0, 0.1) is 12.3 Å². The molecule has 0 saturated carbocycles. The van der Waals surface area contributed by atoms with Crippen LogP contribution >= 0.6 is 15.9 Å². The Morgan fingerprint density at radius 2 is 1.73 bits per heavy atom. The van der Waals surface area contributed by atoms with Gasteiger partial charge in [0, 0.05) is 16.2 Å². The van der Waals surface area contributed by atoms with Crippen LogP contribution in [0.5, 0.6) is 0 Å². The molecule has 0 fully saturated rings. The van der Waals surface area contributed by atoms with Gasteiger partial charge in [-0.1, -0.05) is 21.1 Å². The molecule has 0 bridgehead atoms. The van der Waals surface area contributed by atoms with Crippen molar-refractivity contribution in [3.63, 3.8) is 0 Å². The van der Waals surface area contributed by atoms with Crippen molar-refractivity contribution >= 4 is 39.2 Å². The third kappa shape index (κ3) is 3.73. The number of carbonyl (C=O) groups is 2. The first-order valence-corrected chi connectivity index (χ1v) is 7.40. The van der Waals surface area contributed by atoms with Gasteiger partial charge in [-0.3, -0.25) is 9.59 Å². The summed E-state index contributed by atoms with van der Waals surface area (Å²) in [5.74, 6) is -0.0117. The third-order valence-electron chi connectivity index (χ3n) is 3.11. The fourth-order valence-electron chi connectivity index (χ4n) is 1.62. The summed E-state index contributed by atoms with van der Waals surface area (Å²) in [4.78, 5) is 24.6. The number of nitrogens with zero attached hydrogens (tertiary/aromatic N) is 1. The van der Waals surface area contributed by atoms with Gasteiger partial charge in [-0.25, -0.2) is 0 Å². The van der Waals surface area contributed by atoms with Gasteiger partial charge in [-0.05, 0) is 45.0 Å². The molecule has 2 amide bonds. The lowest BCUT2D eigenvalue weighted by Gasteiger charge is -2.22. The van der Waals surface area contributed by atoms with Crippen LogP contribution in [-0.2, 0) is 9.59 Å². The van der Waals surface area contributed by atoms with Crippen LogP contribution in [0.2, 0.25) is 0 Å². The van der Waals surface area contributed by atoms with E-state index in [1.807, 2.05) is 0 Å². The minimum absolute atomic E-state index is 0.284. The number of halogens is 1. The molecule has 1 heterocycles. The Morgan fingerprint density at radius 3 is 2.27 bits per heavy atom. The maximum Gasteiger partial charge on any atom is 0.240 e. The molecule has 0 saturated heterocycles. The average molecular weight is 366 g/mol. The van der Waals surface area contributed by atoms with E-state index in [1.54, 1.807) is 51.1 Å². The number of aromatic nitrogens is 1. The smallest absolute Gasteiger partial charge is 0.240 e. The summed E-state index contributed by atoms with van der Waals surface area (Å²) in [6, 6.07) is 8.69. The van der Waals surface area contributed by atoms with Crippen molar-refractivity contribution in [1.29, 1.82) is 0 Å². The Kier molecular flexibility index (Phi) is 4.65. The molecule has 6 nitrogen and oxygen atoms in total. The Bertz CT molecular complexity index is 692. The van der Waals surface area contributed by atoms with Crippen LogP contribution in [0.15, 0.2) is 39.3 Å². The first kappa shape index (κ1) is 16.2. The summed E-state index contributed by atoms with van der Waals surface area (Å²) in [6.45, 7) is 4.81. The maximum atomic E-state index is 12.3. The first-order chi connectivity index (χ1) is 10.3. The number of anilines is 2. The lowest BCUT2D eigenvalue weighted by molar-refractivity contribution is -0.135. The molecule has 1 aromatic carbocycles. The van der Waals surface area contributed by atoms with Crippen LogP contribution in [-0.4, -0.2) is 17.0 Å². The molecule has 2 aromatic rings. The van der Waals surface area contributed by atoms with Gasteiger partial charge in [0.05, 0.1) is 0 Å². The normalized spacial score (nSPS) is 11.1. The molecule has 0 spiro atoms. The first-order valence-electron chi connectivity index (χ1n) is 6.61. The molecule has 7 heteroatoms. The number of rotatable bonds is 4. The van der Waals surface area contributed by atoms with Crippen molar-refractivity contribution in [3.05, 3.63) is 40.6 Å². The topological polar surface area (TPSA) is 84.2 Å². The van der Waals surface area contributed by atoms with Crippen LogP contribution in [0.25, 0.3) is 0 Å².